The molecule has 3 fully saturated rings. The Morgan fingerprint density at radius 3 is 2.68 bits per heavy atom. The van der Waals surface area contributed by atoms with Crippen molar-refractivity contribution in [1.82, 2.24) is 19.5 Å². The van der Waals surface area contributed by atoms with Gasteiger partial charge in [-0.15, -0.1) is 0 Å². The lowest BCUT2D eigenvalue weighted by Gasteiger charge is -2.32. The topological polar surface area (TPSA) is 104 Å². The van der Waals surface area contributed by atoms with Crippen LogP contribution in [0.1, 0.15) is 46.5 Å². The number of ether oxygens (including phenoxy) is 3. The third-order valence-electron chi connectivity index (χ3n) is 6.10. The molecule has 9 nitrogen and oxygen atoms in total. The van der Waals surface area contributed by atoms with Gasteiger partial charge in [0.1, 0.15) is 24.6 Å². The van der Waals surface area contributed by atoms with E-state index >= 15 is 0 Å². The van der Waals surface area contributed by atoms with E-state index < -0.39 is 23.7 Å². The van der Waals surface area contributed by atoms with Gasteiger partial charge < -0.3 is 24.6 Å². The second-order valence-corrected chi connectivity index (χ2v) is 8.55. The Labute approximate surface area is 163 Å². The zero-order chi connectivity index (χ0) is 19.5. The molecule has 0 aromatic carbocycles. The van der Waals surface area contributed by atoms with Gasteiger partial charge in [0, 0.05) is 6.04 Å². The Kier molecular flexibility index (Phi) is 4.13. The Morgan fingerprint density at radius 2 is 1.93 bits per heavy atom. The number of aromatic nitrogens is 4. The van der Waals surface area contributed by atoms with E-state index in [9.17, 15) is 5.11 Å². The number of fused-ring (bicyclic) bond motifs is 2. The van der Waals surface area contributed by atoms with Crippen LogP contribution < -0.4 is 5.32 Å². The standard InChI is InChI=1S/C19H27N5O4/c1-18(2)27-14-12(8-25)26-19(3,15(14)28-18)24-10-22-13-16(20-9-21-17(13)24)23-11-6-4-5-7-11/h9-12,14-15,25H,4-8H2,1-3H3,(H,20,21,23)/t12-,14-,15-,19-/m1/s1. The van der Waals surface area contributed by atoms with E-state index in [-0.39, 0.29) is 12.7 Å². The summed E-state index contributed by atoms with van der Waals surface area (Å²) in [5.74, 6) is 0.00498. The summed E-state index contributed by atoms with van der Waals surface area (Å²) in [6.45, 7) is 5.53. The van der Waals surface area contributed by atoms with E-state index in [1.807, 2.05) is 25.3 Å². The van der Waals surface area contributed by atoms with Crippen molar-refractivity contribution >= 4 is 17.0 Å². The molecular weight excluding hydrogens is 362 g/mol. The lowest BCUT2D eigenvalue weighted by molar-refractivity contribution is -0.228. The van der Waals surface area contributed by atoms with E-state index in [0.717, 1.165) is 18.7 Å². The summed E-state index contributed by atoms with van der Waals surface area (Å²) in [5, 5.41) is 13.3. The molecule has 4 atom stereocenters. The second-order valence-electron chi connectivity index (χ2n) is 8.55. The van der Waals surface area contributed by atoms with Gasteiger partial charge in [0.15, 0.2) is 28.5 Å². The van der Waals surface area contributed by atoms with Gasteiger partial charge in [-0.05, 0) is 33.6 Å². The lowest BCUT2D eigenvalue weighted by atomic mass is 10.0. The predicted octanol–water partition coefficient (Wildman–Crippen LogP) is 1.76. The van der Waals surface area contributed by atoms with Gasteiger partial charge in [0.2, 0.25) is 0 Å². The molecule has 2 N–H and O–H groups in total. The van der Waals surface area contributed by atoms with Gasteiger partial charge in [0.25, 0.3) is 0 Å². The number of nitrogens with zero attached hydrogens (tertiary/aromatic N) is 4. The summed E-state index contributed by atoms with van der Waals surface area (Å²) in [4.78, 5) is 13.5. The summed E-state index contributed by atoms with van der Waals surface area (Å²) in [7, 11) is 0. The molecule has 9 heteroatoms. The summed E-state index contributed by atoms with van der Waals surface area (Å²) < 4.78 is 20.3. The number of rotatable bonds is 4. The first kappa shape index (κ1) is 18.2. The molecule has 0 radical (unpaired) electrons. The Hall–Kier alpha value is -1.81. The van der Waals surface area contributed by atoms with E-state index in [0.29, 0.717) is 17.2 Å². The molecule has 5 rings (SSSR count). The molecule has 1 aliphatic carbocycles. The quantitative estimate of drug-likeness (QED) is 0.815. The Balaban J connectivity index is 1.53. The Bertz CT molecular complexity index is 880. The summed E-state index contributed by atoms with van der Waals surface area (Å²) in [6.07, 6.45) is 6.81. The predicted molar refractivity (Wildman–Crippen MR) is 101 cm³/mol. The number of nitrogens with one attached hydrogen (secondary N) is 1. The first-order chi connectivity index (χ1) is 13.4. The molecule has 2 aromatic heterocycles. The minimum atomic E-state index is -0.903. The molecule has 0 amide bonds. The number of aliphatic hydroxyl groups excluding tert-OH is 1. The highest BCUT2D eigenvalue weighted by Gasteiger charge is 2.62. The van der Waals surface area contributed by atoms with Gasteiger partial charge in [0.05, 0.1) is 12.9 Å². The minimum absolute atomic E-state index is 0.147. The lowest BCUT2D eigenvalue weighted by Crippen LogP contribution is -2.43. The summed E-state index contributed by atoms with van der Waals surface area (Å²) >= 11 is 0. The van der Waals surface area contributed by atoms with Gasteiger partial charge in [-0.2, -0.15) is 0 Å². The van der Waals surface area contributed by atoms with Crippen LogP contribution >= 0.6 is 0 Å². The second kappa shape index (κ2) is 6.35. The first-order valence-corrected chi connectivity index (χ1v) is 10.0. The zero-order valence-corrected chi connectivity index (χ0v) is 16.5. The van der Waals surface area contributed by atoms with Crippen molar-refractivity contribution in [3.05, 3.63) is 12.7 Å². The molecule has 0 bridgehead atoms. The van der Waals surface area contributed by atoms with Crippen LogP contribution in [-0.2, 0) is 19.9 Å². The monoisotopic (exact) mass is 389 g/mol. The van der Waals surface area contributed by atoms with Crippen molar-refractivity contribution in [3.63, 3.8) is 0 Å². The molecule has 2 aliphatic heterocycles. The van der Waals surface area contributed by atoms with Crippen LogP contribution in [0.5, 0.6) is 0 Å². The fourth-order valence-electron chi connectivity index (χ4n) is 4.78. The summed E-state index contributed by atoms with van der Waals surface area (Å²) in [5.41, 5.74) is 0.476. The maximum Gasteiger partial charge on any atom is 0.174 e. The number of aliphatic hydroxyl groups is 1. The maximum atomic E-state index is 9.81. The molecule has 2 saturated heterocycles. The van der Waals surface area contributed by atoms with Crippen LogP contribution in [0.4, 0.5) is 5.82 Å². The van der Waals surface area contributed by atoms with Crippen molar-refractivity contribution in [2.75, 3.05) is 11.9 Å². The highest BCUT2D eigenvalue weighted by Crippen LogP contribution is 2.47. The number of hydrogen-bond donors (Lipinski definition) is 2. The largest absolute Gasteiger partial charge is 0.394 e. The van der Waals surface area contributed by atoms with Crippen LogP contribution in [0.3, 0.4) is 0 Å². The van der Waals surface area contributed by atoms with E-state index in [4.69, 9.17) is 14.2 Å². The Morgan fingerprint density at radius 1 is 1.14 bits per heavy atom. The van der Waals surface area contributed by atoms with Gasteiger partial charge >= 0.3 is 0 Å². The molecule has 0 spiro atoms. The van der Waals surface area contributed by atoms with Crippen LogP contribution in [-0.4, -0.2) is 61.4 Å². The number of hydrogen-bond acceptors (Lipinski definition) is 8. The molecular formula is C19H27N5O4. The summed E-state index contributed by atoms with van der Waals surface area (Å²) in [6, 6.07) is 0.428. The van der Waals surface area contributed by atoms with Crippen LogP contribution in [0.2, 0.25) is 0 Å². The average Bonchev–Trinajstić information content (AvgIpc) is 3.41. The normalized spacial score (nSPS) is 34.9. The van der Waals surface area contributed by atoms with Crippen molar-refractivity contribution < 1.29 is 19.3 Å². The van der Waals surface area contributed by atoms with E-state index in [2.05, 4.69) is 20.3 Å². The van der Waals surface area contributed by atoms with Crippen molar-refractivity contribution in [2.45, 2.75) is 82.3 Å². The third-order valence-corrected chi connectivity index (χ3v) is 6.10. The van der Waals surface area contributed by atoms with Gasteiger partial charge in [-0.25, -0.2) is 15.0 Å². The van der Waals surface area contributed by atoms with E-state index in [1.54, 1.807) is 12.7 Å². The molecule has 4 heterocycles. The highest BCUT2D eigenvalue weighted by atomic mass is 16.8. The molecule has 0 unspecified atom stereocenters. The van der Waals surface area contributed by atoms with Crippen LogP contribution in [0, 0.1) is 0 Å². The molecule has 28 heavy (non-hydrogen) atoms. The fourth-order valence-corrected chi connectivity index (χ4v) is 4.78. The van der Waals surface area contributed by atoms with Gasteiger partial charge in [-0.3, -0.25) is 4.57 Å². The van der Waals surface area contributed by atoms with Crippen LogP contribution in [0.25, 0.3) is 11.2 Å². The molecule has 1 saturated carbocycles. The van der Waals surface area contributed by atoms with Gasteiger partial charge in [-0.1, -0.05) is 12.8 Å². The minimum Gasteiger partial charge on any atom is -0.394 e. The smallest absolute Gasteiger partial charge is 0.174 e. The van der Waals surface area contributed by atoms with E-state index in [1.165, 1.54) is 12.8 Å². The molecule has 3 aliphatic rings. The molecule has 152 valence electrons. The number of anilines is 1. The maximum absolute atomic E-state index is 9.81. The zero-order valence-electron chi connectivity index (χ0n) is 16.5. The third kappa shape index (κ3) is 2.72. The first-order valence-electron chi connectivity index (χ1n) is 10.0. The van der Waals surface area contributed by atoms with Crippen molar-refractivity contribution in [2.24, 2.45) is 0 Å². The fraction of sp³-hybridized carbons (Fsp3) is 0.737. The highest BCUT2D eigenvalue weighted by molar-refractivity contribution is 5.83. The van der Waals surface area contributed by atoms with Crippen LogP contribution in [0.15, 0.2) is 12.7 Å². The van der Waals surface area contributed by atoms with Crippen molar-refractivity contribution in [3.8, 4) is 0 Å². The SMILES string of the molecule is CC1(C)O[C@H]2[C@@H](O1)[C@](C)(n1cnc3c(NC4CCCC4)ncnc31)O[C@@H]2CO. The average molecular weight is 389 g/mol. The molecule has 2 aromatic rings. The number of imidazole rings is 1. The van der Waals surface area contributed by atoms with Crippen molar-refractivity contribution in [1.29, 1.82) is 0 Å².